The van der Waals surface area contributed by atoms with Crippen LogP contribution in [0.5, 0.6) is 0 Å². The summed E-state index contributed by atoms with van der Waals surface area (Å²) in [6.45, 7) is 8.81. The lowest BCUT2D eigenvalue weighted by atomic mass is 10.2. The Morgan fingerprint density at radius 2 is 2.22 bits per heavy atom. The molecule has 0 N–H and O–H groups in total. The van der Waals surface area contributed by atoms with Gasteiger partial charge in [0.15, 0.2) is 0 Å². The number of likely N-dealkylation sites (tertiary alicyclic amines) is 1. The predicted molar refractivity (Wildman–Crippen MR) is 84.7 cm³/mol. The van der Waals surface area contributed by atoms with Crippen LogP contribution in [0.25, 0.3) is 0 Å². The van der Waals surface area contributed by atoms with Crippen LogP contribution in [0.3, 0.4) is 0 Å². The molecule has 2 aromatic heterocycles. The first-order valence-electron chi connectivity index (χ1n) is 8.13. The monoisotopic (exact) mass is 319 g/mol. The third-order valence-corrected chi connectivity index (χ3v) is 4.15. The number of hydrogen-bond acceptors (Lipinski definition) is 6. The standard InChI is InChI=1S/C16H25N5O2/c1-11(2)7-21-9-13(6-17-21)8-20-10-14(22-4)5-15(20)16-19-18-12(3)23-16/h6,9,11,14-15H,5,7-8,10H2,1-4H3/t14-,15+/m0/s1. The molecule has 7 heteroatoms. The van der Waals surface area contributed by atoms with Gasteiger partial charge in [-0.3, -0.25) is 9.58 Å². The second kappa shape index (κ2) is 6.80. The fourth-order valence-electron chi connectivity index (χ4n) is 3.11. The molecule has 0 unspecified atom stereocenters. The molecule has 0 bridgehead atoms. The lowest BCUT2D eigenvalue weighted by Crippen LogP contribution is -2.24. The molecule has 1 saturated heterocycles. The van der Waals surface area contributed by atoms with Crippen molar-refractivity contribution >= 4 is 0 Å². The number of aromatic nitrogens is 4. The molecule has 2 atom stereocenters. The highest BCUT2D eigenvalue weighted by molar-refractivity contribution is 5.07. The molecular weight excluding hydrogens is 294 g/mol. The molecule has 126 valence electrons. The van der Waals surface area contributed by atoms with E-state index in [9.17, 15) is 0 Å². The summed E-state index contributed by atoms with van der Waals surface area (Å²) in [4.78, 5) is 2.33. The second-order valence-electron chi connectivity index (χ2n) is 6.66. The molecule has 0 spiro atoms. The van der Waals surface area contributed by atoms with Crippen LogP contribution in [0.1, 0.15) is 43.7 Å². The average molecular weight is 319 g/mol. The summed E-state index contributed by atoms with van der Waals surface area (Å²) in [5.74, 6) is 1.86. The first-order chi connectivity index (χ1) is 11.0. The van der Waals surface area contributed by atoms with Gasteiger partial charge >= 0.3 is 0 Å². The maximum absolute atomic E-state index is 5.65. The van der Waals surface area contributed by atoms with Gasteiger partial charge in [-0.05, 0) is 12.3 Å². The Kier molecular flexibility index (Phi) is 4.77. The highest BCUT2D eigenvalue weighted by Gasteiger charge is 2.36. The Bertz CT molecular complexity index is 636. The number of hydrogen-bond donors (Lipinski definition) is 0. The zero-order valence-corrected chi connectivity index (χ0v) is 14.3. The lowest BCUT2D eigenvalue weighted by Gasteiger charge is -2.20. The third-order valence-electron chi connectivity index (χ3n) is 4.15. The lowest BCUT2D eigenvalue weighted by molar-refractivity contribution is 0.107. The molecule has 23 heavy (non-hydrogen) atoms. The van der Waals surface area contributed by atoms with Crippen LogP contribution in [-0.2, 0) is 17.8 Å². The molecule has 1 fully saturated rings. The number of ether oxygens (including phenoxy) is 1. The van der Waals surface area contributed by atoms with Crippen molar-refractivity contribution in [3.05, 3.63) is 29.7 Å². The van der Waals surface area contributed by atoms with Gasteiger partial charge < -0.3 is 9.15 Å². The van der Waals surface area contributed by atoms with Gasteiger partial charge in [0.25, 0.3) is 0 Å². The van der Waals surface area contributed by atoms with Gasteiger partial charge in [-0.25, -0.2) is 0 Å². The molecular formula is C16H25N5O2. The molecule has 0 aromatic carbocycles. The molecule has 3 heterocycles. The first kappa shape index (κ1) is 16.1. The minimum atomic E-state index is 0.106. The molecule has 0 aliphatic carbocycles. The van der Waals surface area contributed by atoms with Crippen LogP contribution in [-0.4, -0.2) is 44.6 Å². The van der Waals surface area contributed by atoms with E-state index in [2.05, 4.69) is 40.2 Å². The summed E-state index contributed by atoms with van der Waals surface area (Å²) in [6.07, 6.45) is 5.13. The smallest absolute Gasteiger partial charge is 0.233 e. The molecule has 2 aromatic rings. The molecule has 7 nitrogen and oxygen atoms in total. The Morgan fingerprint density at radius 1 is 1.39 bits per heavy atom. The number of rotatable bonds is 6. The van der Waals surface area contributed by atoms with Crippen LogP contribution in [0.15, 0.2) is 16.8 Å². The summed E-state index contributed by atoms with van der Waals surface area (Å²) < 4.78 is 13.2. The van der Waals surface area contributed by atoms with E-state index in [0.29, 0.717) is 17.7 Å². The van der Waals surface area contributed by atoms with Crippen LogP contribution >= 0.6 is 0 Å². The third kappa shape index (κ3) is 3.79. The van der Waals surface area contributed by atoms with Gasteiger partial charge in [-0.15, -0.1) is 10.2 Å². The summed E-state index contributed by atoms with van der Waals surface area (Å²) >= 11 is 0. The molecule has 0 saturated carbocycles. The maximum atomic E-state index is 5.65. The Hall–Kier alpha value is -1.73. The highest BCUT2D eigenvalue weighted by atomic mass is 16.5. The quantitative estimate of drug-likeness (QED) is 0.813. The van der Waals surface area contributed by atoms with Gasteiger partial charge in [0, 0.05) is 45.4 Å². The Labute approximate surface area is 136 Å². The second-order valence-corrected chi connectivity index (χ2v) is 6.66. The summed E-state index contributed by atoms with van der Waals surface area (Å²) in [5.41, 5.74) is 1.20. The van der Waals surface area contributed by atoms with E-state index in [1.165, 1.54) is 5.56 Å². The summed E-state index contributed by atoms with van der Waals surface area (Å²) in [7, 11) is 1.75. The van der Waals surface area contributed by atoms with Gasteiger partial charge in [-0.1, -0.05) is 13.8 Å². The fourth-order valence-corrected chi connectivity index (χ4v) is 3.11. The topological polar surface area (TPSA) is 69.2 Å². The van der Waals surface area contributed by atoms with Gasteiger partial charge in [0.1, 0.15) is 0 Å². The van der Waals surface area contributed by atoms with E-state index in [-0.39, 0.29) is 12.1 Å². The summed E-state index contributed by atoms with van der Waals surface area (Å²) in [6, 6.07) is 0.106. The van der Waals surface area contributed by atoms with E-state index in [1.807, 2.05) is 17.8 Å². The van der Waals surface area contributed by atoms with E-state index < -0.39 is 0 Å². The molecule has 0 amide bonds. The van der Waals surface area contributed by atoms with Crippen molar-refractivity contribution in [3.63, 3.8) is 0 Å². The van der Waals surface area contributed by atoms with Crippen LogP contribution in [0.4, 0.5) is 0 Å². The maximum Gasteiger partial charge on any atom is 0.233 e. The zero-order chi connectivity index (χ0) is 16.4. The number of aryl methyl sites for hydroxylation is 1. The minimum absolute atomic E-state index is 0.106. The average Bonchev–Trinajstić information content (AvgIpc) is 3.19. The first-order valence-corrected chi connectivity index (χ1v) is 8.13. The van der Waals surface area contributed by atoms with Crippen molar-refractivity contribution < 1.29 is 9.15 Å². The SMILES string of the molecule is CO[C@H]1C[C@H](c2nnc(C)o2)N(Cc2cnn(CC(C)C)c2)C1. The van der Waals surface area contributed by atoms with E-state index in [4.69, 9.17) is 9.15 Å². The van der Waals surface area contributed by atoms with Gasteiger partial charge in [0.05, 0.1) is 18.3 Å². The van der Waals surface area contributed by atoms with Crippen molar-refractivity contribution in [1.82, 2.24) is 24.9 Å². The predicted octanol–water partition coefficient (Wildman–Crippen LogP) is 2.19. The molecule has 1 aliphatic rings. The van der Waals surface area contributed by atoms with Crippen molar-refractivity contribution in [3.8, 4) is 0 Å². The molecule has 0 radical (unpaired) electrons. The van der Waals surface area contributed by atoms with E-state index >= 15 is 0 Å². The van der Waals surface area contributed by atoms with Crippen LogP contribution in [0.2, 0.25) is 0 Å². The van der Waals surface area contributed by atoms with Crippen molar-refractivity contribution in [2.75, 3.05) is 13.7 Å². The zero-order valence-electron chi connectivity index (χ0n) is 14.3. The highest BCUT2D eigenvalue weighted by Crippen LogP contribution is 2.33. The van der Waals surface area contributed by atoms with Crippen molar-refractivity contribution in [2.24, 2.45) is 5.92 Å². The minimum Gasteiger partial charge on any atom is -0.424 e. The molecule has 3 rings (SSSR count). The van der Waals surface area contributed by atoms with Crippen molar-refractivity contribution in [1.29, 1.82) is 0 Å². The van der Waals surface area contributed by atoms with Gasteiger partial charge in [0.2, 0.25) is 11.8 Å². The largest absolute Gasteiger partial charge is 0.424 e. The molecule has 1 aliphatic heterocycles. The van der Waals surface area contributed by atoms with Gasteiger partial charge in [-0.2, -0.15) is 5.10 Å². The Morgan fingerprint density at radius 3 is 2.87 bits per heavy atom. The summed E-state index contributed by atoms with van der Waals surface area (Å²) in [5, 5.41) is 12.6. The number of nitrogens with zero attached hydrogens (tertiary/aromatic N) is 5. The number of methoxy groups -OCH3 is 1. The van der Waals surface area contributed by atoms with E-state index in [1.54, 1.807) is 7.11 Å². The van der Waals surface area contributed by atoms with Crippen LogP contribution in [0, 0.1) is 12.8 Å². The normalized spacial score (nSPS) is 22.3. The van der Waals surface area contributed by atoms with E-state index in [0.717, 1.165) is 26.1 Å². The van der Waals surface area contributed by atoms with Crippen LogP contribution < -0.4 is 0 Å². The van der Waals surface area contributed by atoms with Crippen molar-refractivity contribution in [2.45, 2.75) is 52.4 Å². The Balaban J connectivity index is 1.72. The fraction of sp³-hybridized carbons (Fsp3) is 0.688.